The first-order valence-corrected chi connectivity index (χ1v) is 6.62. The predicted molar refractivity (Wildman–Crippen MR) is 71.3 cm³/mol. The summed E-state index contributed by atoms with van der Waals surface area (Å²) in [6, 6.07) is 2.02. The number of pyridine rings is 1. The van der Waals surface area contributed by atoms with E-state index in [1.165, 1.54) is 0 Å². The van der Waals surface area contributed by atoms with Crippen LogP contribution in [-0.4, -0.2) is 31.3 Å². The molecule has 4 nitrogen and oxygen atoms in total. The van der Waals surface area contributed by atoms with Crippen molar-refractivity contribution in [3.63, 3.8) is 0 Å². The molecule has 0 atom stereocenters. The van der Waals surface area contributed by atoms with E-state index < -0.39 is 0 Å². The largest absolute Gasteiger partial charge is 0.475 e. The molecule has 1 heterocycles. The average Bonchev–Trinajstić information content (AvgIpc) is 2.34. The molecular formula is C12H19BrN2O2. The van der Waals surface area contributed by atoms with Gasteiger partial charge in [-0.25, -0.2) is 4.98 Å². The maximum Gasteiger partial charge on any atom is 0.217 e. The van der Waals surface area contributed by atoms with E-state index in [9.17, 15) is 0 Å². The lowest BCUT2D eigenvalue weighted by Gasteiger charge is -2.11. The van der Waals surface area contributed by atoms with Crippen molar-refractivity contribution in [1.82, 2.24) is 10.3 Å². The highest BCUT2D eigenvalue weighted by molar-refractivity contribution is 9.10. The number of aromatic nitrogens is 1. The second-order valence-electron chi connectivity index (χ2n) is 3.44. The summed E-state index contributed by atoms with van der Waals surface area (Å²) in [7, 11) is 0. The van der Waals surface area contributed by atoms with Gasteiger partial charge in [0, 0.05) is 29.4 Å². The van der Waals surface area contributed by atoms with Crippen molar-refractivity contribution in [1.29, 1.82) is 0 Å². The zero-order chi connectivity index (χ0) is 12.5. The van der Waals surface area contributed by atoms with Crippen LogP contribution in [0.5, 0.6) is 5.88 Å². The number of rotatable bonds is 8. The summed E-state index contributed by atoms with van der Waals surface area (Å²) < 4.78 is 11.8. The smallest absolute Gasteiger partial charge is 0.217 e. The maximum atomic E-state index is 5.59. The third-order valence-electron chi connectivity index (χ3n) is 2.13. The highest BCUT2D eigenvalue weighted by Gasteiger charge is 2.05. The van der Waals surface area contributed by atoms with Crippen molar-refractivity contribution in [2.75, 3.05) is 26.4 Å². The average molecular weight is 303 g/mol. The molecule has 0 amide bonds. The molecule has 0 bridgehead atoms. The van der Waals surface area contributed by atoms with Crippen LogP contribution in [0, 0.1) is 0 Å². The SMILES string of the molecule is CCNCc1cc(Br)cnc1OCCOCC. The minimum Gasteiger partial charge on any atom is -0.475 e. The van der Waals surface area contributed by atoms with Crippen molar-refractivity contribution in [2.24, 2.45) is 0 Å². The van der Waals surface area contributed by atoms with E-state index in [1.54, 1.807) is 6.20 Å². The van der Waals surface area contributed by atoms with Gasteiger partial charge < -0.3 is 14.8 Å². The standard InChI is InChI=1S/C12H19BrN2O2/c1-3-14-8-10-7-11(13)9-15-12(10)17-6-5-16-4-2/h7,9,14H,3-6,8H2,1-2H3. The Kier molecular flexibility index (Phi) is 7.16. The zero-order valence-electron chi connectivity index (χ0n) is 10.3. The van der Waals surface area contributed by atoms with E-state index in [-0.39, 0.29) is 0 Å². The van der Waals surface area contributed by atoms with Crippen molar-refractivity contribution >= 4 is 15.9 Å². The van der Waals surface area contributed by atoms with Gasteiger partial charge in [0.2, 0.25) is 5.88 Å². The number of ether oxygens (including phenoxy) is 2. The molecule has 0 saturated carbocycles. The first kappa shape index (κ1) is 14.4. The van der Waals surface area contributed by atoms with Crippen LogP contribution in [0.15, 0.2) is 16.7 Å². The topological polar surface area (TPSA) is 43.4 Å². The van der Waals surface area contributed by atoms with Gasteiger partial charge in [0.25, 0.3) is 0 Å². The lowest BCUT2D eigenvalue weighted by atomic mass is 10.2. The summed E-state index contributed by atoms with van der Waals surface area (Å²) in [4.78, 5) is 4.26. The van der Waals surface area contributed by atoms with Crippen LogP contribution < -0.4 is 10.1 Å². The molecule has 0 spiro atoms. The molecule has 1 N–H and O–H groups in total. The van der Waals surface area contributed by atoms with Gasteiger partial charge in [-0.15, -0.1) is 0 Å². The summed E-state index contributed by atoms with van der Waals surface area (Å²) in [6.45, 7) is 7.55. The van der Waals surface area contributed by atoms with E-state index in [0.717, 1.165) is 23.1 Å². The van der Waals surface area contributed by atoms with Crippen LogP contribution in [0.25, 0.3) is 0 Å². The molecule has 1 aromatic rings. The molecule has 17 heavy (non-hydrogen) atoms. The molecule has 0 radical (unpaired) electrons. The van der Waals surface area contributed by atoms with Crippen molar-refractivity contribution in [2.45, 2.75) is 20.4 Å². The lowest BCUT2D eigenvalue weighted by Crippen LogP contribution is -2.15. The van der Waals surface area contributed by atoms with Crippen LogP contribution in [0.2, 0.25) is 0 Å². The van der Waals surface area contributed by atoms with Gasteiger partial charge in [-0.1, -0.05) is 6.92 Å². The molecule has 5 heteroatoms. The monoisotopic (exact) mass is 302 g/mol. The van der Waals surface area contributed by atoms with Gasteiger partial charge in [-0.3, -0.25) is 0 Å². The van der Waals surface area contributed by atoms with Gasteiger partial charge >= 0.3 is 0 Å². The first-order valence-electron chi connectivity index (χ1n) is 5.83. The molecule has 0 aromatic carbocycles. The normalized spacial score (nSPS) is 10.5. The summed E-state index contributed by atoms with van der Waals surface area (Å²) in [5, 5.41) is 3.26. The molecular weight excluding hydrogens is 284 g/mol. The van der Waals surface area contributed by atoms with Crippen molar-refractivity contribution in [3.8, 4) is 5.88 Å². The molecule has 0 aliphatic heterocycles. The van der Waals surface area contributed by atoms with Crippen molar-refractivity contribution in [3.05, 3.63) is 22.3 Å². The van der Waals surface area contributed by atoms with Gasteiger partial charge in [-0.05, 0) is 35.5 Å². The quantitative estimate of drug-likeness (QED) is 0.749. The van der Waals surface area contributed by atoms with Gasteiger partial charge in [0.15, 0.2) is 0 Å². The molecule has 0 aliphatic carbocycles. The summed E-state index contributed by atoms with van der Waals surface area (Å²) >= 11 is 3.41. The second kappa shape index (κ2) is 8.44. The van der Waals surface area contributed by atoms with Crippen LogP contribution >= 0.6 is 15.9 Å². The van der Waals surface area contributed by atoms with Crippen molar-refractivity contribution < 1.29 is 9.47 Å². The van der Waals surface area contributed by atoms with Crippen LogP contribution in [0.3, 0.4) is 0 Å². The molecule has 0 unspecified atom stereocenters. The Morgan fingerprint density at radius 1 is 1.35 bits per heavy atom. The van der Waals surface area contributed by atoms with E-state index in [1.807, 2.05) is 13.0 Å². The Morgan fingerprint density at radius 2 is 2.18 bits per heavy atom. The van der Waals surface area contributed by atoms with Crippen LogP contribution in [0.4, 0.5) is 0 Å². The third kappa shape index (κ3) is 5.48. The van der Waals surface area contributed by atoms with Gasteiger partial charge in [-0.2, -0.15) is 0 Å². The Hall–Kier alpha value is -0.650. The minimum absolute atomic E-state index is 0.529. The number of halogens is 1. The van der Waals surface area contributed by atoms with Gasteiger partial charge in [0.05, 0.1) is 6.61 Å². The van der Waals surface area contributed by atoms with Gasteiger partial charge in [0.1, 0.15) is 6.61 Å². The summed E-state index contributed by atoms with van der Waals surface area (Å²) in [5.41, 5.74) is 1.05. The molecule has 0 aliphatic rings. The first-order chi connectivity index (χ1) is 8.27. The van der Waals surface area contributed by atoms with Crippen LogP contribution in [-0.2, 0) is 11.3 Å². The highest BCUT2D eigenvalue weighted by Crippen LogP contribution is 2.19. The number of nitrogens with one attached hydrogen (secondary N) is 1. The maximum absolute atomic E-state index is 5.59. The summed E-state index contributed by atoms with van der Waals surface area (Å²) in [5.74, 6) is 0.675. The molecule has 0 fully saturated rings. The molecule has 96 valence electrons. The zero-order valence-corrected chi connectivity index (χ0v) is 11.9. The minimum atomic E-state index is 0.529. The van der Waals surface area contributed by atoms with E-state index >= 15 is 0 Å². The molecule has 1 aromatic heterocycles. The molecule has 0 saturated heterocycles. The fourth-order valence-corrected chi connectivity index (χ4v) is 1.71. The Bertz CT molecular complexity index is 334. The Labute approximate surface area is 111 Å². The second-order valence-corrected chi connectivity index (χ2v) is 4.36. The fourth-order valence-electron chi connectivity index (χ4n) is 1.33. The number of nitrogens with zero attached hydrogens (tertiary/aromatic N) is 1. The van der Waals surface area contributed by atoms with E-state index in [2.05, 4.69) is 33.2 Å². The lowest BCUT2D eigenvalue weighted by molar-refractivity contribution is 0.108. The number of hydrogen-bond donors (Lipinski definition) is 1. The Balaban J connectivity index is 2.55. The predicted octanol–water partition coefficient (Wildman–Crippen LogP) is 2.37. The Morgan fingerprint density at radius 3 is 2.88 bits per heavy atom. The van der Waals surface area contributed by atoms with E-state index in [0.29, 0.717) is 25.7 Å². The fraction of sp³-hybridized carbons (Fsp3) is 0.583. The molecule has 1 rings (SSSR count). The third-order valence-corrected chi connectivity index (χ3v) is 2.56. The highest BCUT2D eigenvalue weighted by atomic mass is 79.9. The van der Waals surface area contributed by atoms with E-state index in [4.69, 9.17) is 9.47 Å². The summed E-state index contributed by atoms with van der Waals surface area (Å²) in [6.07, 6.45) is 1.74. The number of hydrogen-bond acceptors (Lipinski definition) is 4. The van der Waals surface area contributed by atoms with Crippen LogP contribution in [0.1, 0.15) is 19.4 Å².